The quantitative estimate of drug-likeness (QED) is 0.718. The number of hydrogen-bond donors (Lipinski definition) is 1. The molecule has 162 valence electrons. The van der Waals surface area contributed by atoms with Crippen LogP contribution in [0.4, 0.5) is 5.69 Å². The Morgan fingerprint density at radius 3 is 2.62 bits per heavy atom. The van der Waals surface area contributed by atoms with E-state index in [9.17, 15) is 13.2 Å². The van der Waals surface area contributed by atoms with E-state index in [1.807, 2.05) is 12.1 Å². The first-order chi connectivity index (χ1) is 13.7. The molecular formula is C23H36N2O3S. The van der Waals surface area contributed by atoms with Crippen molar-refractivity contribution in [3.8, 4) is 0 Å². The van der Waals surface area contributed by atoms with Crippen LogP contribution in [0.1, 0.15) is 64.4 Å². The second-order valence-electron chi connectivity index (χ2n) is 9.38. The van der Waals surface area contributed by atoms with Gasteiger partial charge in [-0.15, -0.1) is 0 Å². The average molecular weight is 421 g/mol. The molecule has 2 aliphatic rings. The number of anilines is 1. The molecule has 0 bridgehead atoms. The van der Waals surface area contributed by atoms with Gasteiger partial charge < -0.3 is 4.90 Å². The Morgan fingerprint density at radius 1 is 1.24 bits per heavy atom. The third-order valence-electron chi connectivity index (χ3n) is 7.13. The van der Waals surface area contributed by atoms with Crippen LogP contribution in [0.5, 0.6) is 0 Å². The largest absolute Gasteiger partial charge is 0.303 e. The number of sulfonamides is 1. The highest BCUT2D eigenvalue weighted by molar-refractivity contribution is 7.92. The van der Waals surface area contributed by atoms with Gasteiger partial charge >= 0.3 is 0 Å². The zero-order chi connectivity index (χ0) is 21.1. The molecule has 0 spiro atoms. The van der Waals surface area contributed by atoms with Gasteiger partial charge in [0.2, 0.25) is 10.0 Å². The molecule has 1 aromatic rings. The van der Waals surface area contributed by atoms with Crippen molar-refractivity contribution in [2.24, 2.45) is 11.8 Å². The van der Waals surface area contributed by atoms with Crippen molar-refractivity contribution in [2.45, 2.75) is 64.2 Å². The molecule has 1 aliphatic carbocycles. The zero-order valence-corrected chi connectivity index (χ0v) is 18.9. The number of Topliss-reactive ketones (excluding diaryl/α,β-unsaturated/α-hetero) is 1. The number of piperidine rings is 1. The van der Waals surface area contributed by atoms with Crippen LogP contribution in [-0.4, -0.2) is 45.0 Å². The van der Waals surface area contributed by atoms with E-state index in [0.29, 0.717) is 29.7 Å². The van der Waals surface area contributed by atoms with Crippen LogP contribution in [0.2, 0.25) is 0 Å². The summed E-state index contributed by atoms with van der Waals surface area (Å²) in [4.78, 5) is 15.0. The molecule has 0 unspecified atom stereocenters. The van der Waals surface area contributed by atoms with E-state index in [4.69, 9.17) is 0 Å². The normalized spacial score (nSPS) is 26.9. The number of nitrogens with zero attached hydrogens (tertiary/aromatic N) is 1. The standard InChI is InChI=1S/C23H36N2O3S/c1-18-17-25(14-12-22(26)19-8-5-4-6-9-19)15-13-23(18,2)20-10-7-11-21(16-20)24-29(3,27)28/h7,10-11,16,18-19,24H,4-6,8-9,12-15,17H2,1-3H3/t18-,23-/m0/s1. The minimum absolute atomic E-state index is 0.000921. The Bertz CT molecular complexity index is 817. The molecule has 1 N–H and O–H groups in total. The predicted octanol–water partition coefficient (Wildman–Crippen LogP) is 4.20. The second kappa shape index (κ2) is 9.17. The van der Waals surface area contributed by atoms with Crippen molar-refractivity contribution < 1.29 is 13.2 Å². The van der Waals surface area contributed by atoms with Gasteiger partial charge in [0.15, 0.2) is 0 Å². The summed E-state index contributed by atoms with van der Waals surface area (Å²) < 4.78 is 25.7. The van der Waals surface area contributed by atoms with Crippen molar-refractivity contribution in [1.82, 2.24) is 4.90 Å². The van der Waals surface area contributed by atoms with Crippen molar-refractivity contribution in [3.63, 3.8) is 0 Å². The lowest BCUT2D eigenvalue weighted by molar-refractivity contribution is -0.124. The van der Waals surface area contributed by atoms with Crippen molar-refractivity contribution >= 4 is 21.5 Å². The first-order valence-electron chi connectivity index (χ1n) is 11.0. The van der Waals surface area contributed by atoms with E-state index in [2.05, 4.69) is 29.5 Å². The van der Waals surface area contributed by atoms with Crippen LogP contribution in [0.25, 0.3) is 0 Å². The predicted molar refractivity (Wildman–Crippen MR) is 119 cm³/mol. The van der Waals surface area contributed by atoms with Crippen molar-refractivity contribution in [3.05, 3.63) is 29.8 Å². The number of carbonyl (C=O) groups is 1. The van der Waals surface area contributed by atoms with E-state index in [1.54, 1.807) is 6.07 Å². The highest BCUT2D eigenvalue weighted by Crippen LogP contribution is 2.40. The monoisotopic (exact) mass is 420 g/mol. The number of ketones is 1. The summed E-state index contributed by atoms with van der Waals surface area (Å²) in [5.74, 6) is 1.20. The number of rotatable bonds is 7. The maximum atomic E-state index is 12.5. The fourth-order valence-corrected chi connectivity index (χ4v) is 5.55. The lowest BCUT2D eigenvalue weighted by atomic mass is 9.68. The second-order valence-corrected chi connectivity index (χ2v) is 11.1. The molecule has 29 heavy (non-hydrogen) atoms. The summed E-state index contributed by atoms with van der Waals surface area (Å²) in [5.41, 5.74) is 1.80. The van der Waals surface area contributed by atoms with Gasteiger partial charge in [0.1, 0.15) is 5.78 Å². The highest BCUT2D eigenvalue weighted by atomic mass is 32.2. The molecule has 2 atom stereocenters. The summed E-state index contributed by atoms with van der Waals surface area (Å²) in [6.07, 6.45) is 8.75. The third kappa shape index (κ3) is 5.82. The molecule has 5 nitrogen and oxygen atoms in total. The van der Waals surface area contributed by atoms with E-state index >= 15 is 0 Å². The van der Waals surface area contributed by atoms with Gasteiger partial charge in [-0.2, -0.15) is 0 Å². The molecular weight excluding hydrogens is 384 g/mol. The van der Waals surface area contributed by atoms with Gasteiger partial charge in [-0.1, -0.05) is 45.2 Å². The number of nitrogens with one attached hydrogen (secondary N) is 1. The molecule has 1 aromatic carbocycles. The van der Waals surface area contributed by atoms with Gasteiger partial charge in [0.05, 0.1) is 6.26 Å². The third-order valence-corrected chi connectivity index (χ3v) is 7.73. The van der Waals surface area contributed by atoms with Gasteiger partial charge in [-0.25, -0.2) is 8.42 Å². The highest BCUT2D eigenvalue weighted by Gasteiger charge is 2.38. The first kappa shape index (κ1) is 22.3. The lowest BCUT2D eigenvalue weighted by Gasteiger charge is -2.45. The van der Waals surface area contributed by atoms with Gasteiger partial charge in [0, 0.05) is 31.1 Å². The Hall–Kier alpha value is -1.40. The molecule has 0 radical (unpaired) electrons. The number of carbonyl (C=O) groups excluding carboxylic acids is 1. The summed E-state index contributed by atoms with van der Waals surface area (Å²) >= 11 is 0. The van der Waals surface area contributed by atoms with Gasteiger partial charge in [-0.3, -0.25) is 9.52 Å². The van der Waals surface area contributed by atoms with Gasteiger partial charge in [0.25, 0.3) is 0 Å². The minimum Gasteiger partial charge on any atom is -0.303 e. The molecule has 0 amide bonds. The Kier molecular flexibility index (Phi) is 7.05. The molecule has 0 aromatic heterocycles. The van der Waals surface area contributed by atoms with Crippen molar-refractivity contribution in [1.29, 1.82) is 0 Å². The van der Waals surface area contributed by atoms with E-state index in [1.165, 1.54) is 31.1 Å². The van der Waals surface area contributed by atoms with Crippen LogP contribution in [0.15, 0.2) is 24.3 Å². The number of likely N-dealkylation sites (tertiary alicyclic amines) is 1. The smallest absolute Gasteiger partial charge is 0.229 e. The van der Waals surface area contributed by atoms with E-state index in [-0.39, 0.29) is 5.41 Å². The van der Waals surface area contributed by atoms with Crippen LogP contribution in [0, 0.1) is 11.8 Å². The molecule has 1 saturated carbocycles. The van der Waals surface area contributed by atoms with Crippen LogP contribution in [0.3, 0.4) is 0 Å². The fraction of sp³-hybridized carbons (Fsp3) is 0.696. The minimum atomic E-state index is -3.28. The van der Waals surface area contributed by atoms with Crippen molar-refractivity contribution in [2.75, 3.05) is 30.6 Å². The SMILES string of the molecule is C[C@H]1CN(CCC(=O)C2CCCCC2)CC[C@]1(C)c1cccc(NS(C)(=O)=O)c1. The molecule has 1 aliphatic heterocycles. The lowest BCUT2D eigenvalue weighted by Crippen LogP contribution is -2.47. The topological polar surface area (TPSA) is 66.5 Å². The Labute approximate surface area is 176 Å². The van der Waals surface area contributed by atoms with Crippen LogP contribution in [-0.2, 0) is 20.2 Å². The Balaban J connectivity index is 1.59. The maximum Gasteiger partial charge on any atom is 0.229 e. The molecule has 1 heterocycles. The van der Waals surface area contributed by atoms with Crippen LogP contribution >= 0.6 is 0 Å². The Morgan fingerprint density at radius 2 is 1.97 bits per heavy atom. The van der Waals surface area contributed by atoms with E-state index in [0.717, 1.165) is 38.9 Å². The fourth-order valence-electron chi connectivity index (χ4n) is 5.00. The summed E-state index contributed by atoms with van der Waals surface area (Å²) in [6, 6.07) is 7.80. The zero-order valence-electron chi connectivity index (χ0n) is 18.1. The molecule has 2 fully saturated rings. The number of benzene rings is 1. The number of hydrogen-bond acceptors (Lipinski definition) is 4. The van der Waals surface area contributed by atoms with Crippen LogP contribution < -0.4 is 4.72 Å². The van der Waals surface area contributed by atoms with Gasteiger partial charge in [-0.05, 0) is 54.8 Å². The maximum absolute atomic E-state index is 12.5. The molecule has 6 heteroatoms. The molecule has 3 rings (SSSR count). The summed E-state index contributed by atoms with van der Waals surface area (Å²) in [6.45, 7) is 7.36. The average Bonchev–Trinajstić information content (AvgIpc) is 2.68. The summed E-state index contributed by atoms with van der Waals surface area (Å²) in [5, 5.41) is 0. The first-order valence-corrected chi connectivity index (χ1v) is 12.9. The molecule has 1 saturated heterocycles. The summed E-state index contributed by atoms with van der Waals surface area (Å²) in [7, 11) is -3.28. The van der Waals surface area contributed by atoms with E-state index < -0.39 is 10.0 Å².